The molecule has 0 aliphatic heterocycles. The highest BCUT2D eigenvalue weighted by Gasteiger charge is 2.35. The average Bonchev–Trinajstić information content (AvgIpc) is 2.63. The van der Waals surface area contributed by atoms with Crippen LogP contribution in [-0.2, 0) is 11.0 Å². The van der Waals surface area contributed by atoms with Gasteiger partial charge in [-0.3, -0.25) is 20.4 Å². The second kappa shape index (κ2) is 8.71. The molecule has 0 aliphatic carbocycles. The van der Waals surface area contributed by atoms with Crippen LogP contribution in [0.15, 0.2) is 35.4 Å². The Kier molecular flexibility index (Phi) is 6.58. The first-order valence-corrected chi connectivity index (χ1v) is 8.57. The highest BCUT2D eigenvalue weighted by Crippen LogP contribution is 2.35. The molecule has 6 nitrogen and oxygen atoms in total. The Labute approximate surface area is 160 Å². The van der Waals surface area contributed by atoms with Gasteiger partial charge in [-0.25, -0.2) is 9.37 Å². The number of carbonyl (C=O) groups is 2. The van der Waals surface area contributed by atoms with Gasteiger partial charge in [0.05, 0.1) is 16.9 Å². The van der Waals surface area contributed by atoms with Gasteiger partial charge in [0.1, 0.15) is 16.9 Å². The molecule has 0 unspecified atom stereocenters. The van der Waals surface area contributed by atoms with E-state index >= 15 is 0 Å². The molecule has 0 radical (unpaired) electrons. The molecule has 2 aromatic rings. The van der Waals surface area contributed by atoms with Crippen molar-refractivity contribution in [3.8, 4) is 6.07 Å². The largest absolute Gasteiger partial charge is 0.417 e. The number of thioether (sulfide) groups is 1. The molecule has 2 rings (SSSR count). The fourth-order valence-corrected chi connectivity index (χ4v) is 2.90. The van der Waals surface area contributed by atoms with Crippen molar-refractivity contribution in [2.24, 2.45) is 0 Å². The van der Waals surface area contributed by atoms with Crippen molar-refractivity contribution in [1.29, 1.82) is 5.26 Å². The first kappa shape index (κ1) is 21.2. The number of pyridine rings is 1. The predicted octanol–water partition coefficient (Wildman–Crippen LogP) is 2.97. The summed E-state index contributed by atoms with van der Waals surface area (Å²) in [6.07, 6.45) is -4.74. The molecule has 2 N–H and O–H groups in total. The van der Waals surface area contributed by atoms with Gasteiger partial charge in [0.25, 0.3) is 5.91 Å². The van der Waals surface area contributed by atoms with Crippen LogP contribution in [0.4, 0.5) is 17.6 Å². The van der Waals surface area contributed by atoms with Gasteiger partial charge in [0, 0.05) is 11.3 Å². The zero-order valence-corrected chi connectivity index (χ0v) is 15.0. The minimum atomic E-state index is -4.74. The SMILES string of the molecule is Cc1cc(C(F)(F)F)c(C#N)c(SCC(=O)NNC(=O)c2ccc(F)cc2)n1. The number of amides is 2. The molecule has 0 fully saturated rings. The van der Waals surface area contributed by atoms with Crippen molar-refractivity contribution in [3.63, 3.8) is 0 Å². The zero-order valence-electron chi connectivity index (χ0n) is 14.2. The molecule has 11 heteroatoms. The fraction of sp³-hybridized carbons (Fsp3) is 0.176. The normalized spacial score (nSPS) is 10.9. The molecule has 0 aliphatic rings. The number of aryl methyl sites for hydroxylation is 1. The summed E-state index contributed by atoms with van der Waals surface area (Å²) in [5, 5.41) is 8.81. The smallest absolute Gasteiger partial charge is 0.272 e. The van der Waals surface area contributed by atoms with Crippen LogP contribution >= 0.6 is 11.8 Å². The number of carbonyl (C=O) groups excluding carboxylic acids is 2. The van der Waals surface area contributed by atoms with Gasteiger partial charge in [0.2, 0.25) is 5.91 Å². The van der Waals surface area contributed by atoms with Gasteiger partial charge < -0.3 is 0 Å². The van der Waals surface area contributed by atoms with E-state index in [4.69, 9.17) is 5.26 Å². The van der Waals surface area contributed by atoms with Crippen molar-refractivity contribution in [2.45, 2.75) is 18.1 Å². The molecule has 0 atom stereocenters. The van der Waals surface area contributed by atoms with Crippen molar-refractivity contribution >= 4 is 23.6 Å². The van der Waals surface area contributed by atoms with E-state index in [0.717, 1.165) is 18.2 Å². The molecule has 0 spiro atoms. The molecule has 146 valence electrons. The quantitative estimate of drug-likeness (QED) is 0.457. The lowest BCUT2D eigenvalue weighted by Crippen LogP contribution is -2.42. The molecule has 0 bridgehead atoms. The van der Waals surface area contributed by atoms with E-state index in [1.807, 2.05) is 0 Å². The van der Waals surface area contributed by atoms with Gasteiger partial charge in [-0.05, 0) is 37.3 Å². The van der Waals surface area contributed by atoms with Crippen LogP contribution in [0.1, 0.15) is 27.2 Å². The third kappa shape index (κ3) is 5.43. The minimum absolute atomic E-state index is 0.0406. The Balaban J connectivity index is 2.01. The molecule has 1 heterocycles. The van der Waals surface area contributed by atoms with Crippen LogP contribution in [0, 0.1) is 24.1 Å². The maximum atomic E-state index is 13.1. The Bertz CT molecular complexity index is 940. The summed E-state index contributed by atoms with van der Waals surface area (Å²) in [6, 6.07) is 6.77. The topological polar surface area (TPSA) is 94.9 Å². The van der Waals surface area contributed by atoms with E-state index < -0.39 is 40.7 Å². The molecular weight excluding hydrogens is 400 g/mol. The number of nitriles is 1. The van der Waals surface area contributed by atoms with Crippen LogP contribution in [-0.4, -0.2) is 22.6 Å². The zero-order chi connectivity index (χ0) is 20.9. The van der Waals surface area contributed by atoms with Crippen LogP contribution in [0.2, 0.25) is 0 Å². The van der Waals surface area contributed by atoms with Crippen molar-refractivity contribution < 1.29 is 27.2 Å². The van der Waals surface area contributed by atoms with Gasteiger partial charge in [0.15, 0.2) is 0 Å². The Morgan fingerprint density at radius 1 is 1.21 bits per heavy atom. The van der Waals surface area contributed by atoms with Crippen molar-refractivity contribution in [3.05, 3.63) is 58.5 Å². The summed E-state index contributed by atoms with van der Waals surface area (Å²) < 4.78 is 52.0. The van der Waals surface area contributed by atoms with E-state index in [1.165, 1.54) is 25.1 Å². The number of hydrogen-bond donors (Lipinski definition) is 2. The minimum Gasteiger partial charge on any atom is -0.272 e. The third-order valence-electron chi connectivity index (χ3n) is 3.29. The van der Waals surface area contributed by atoms with Gasteiger partial charge in [-0.1, -0.05) is 11.8 Å². The van der Waals surface area contributed by atoms with Crippen LogP contribution in [0.3, 0.4) is 0 Å². The monoisotopic (exact) mass is 412 g/mol. The Morgan fingerprint density at radius 2 is 1.86 bits per heavy atom. The number of rotatable bonds is 4. The fourth-order valence-electron chi connectivity index (χ4n) is 2.05. The van der Waals surface area contributed by atoms with E-state index in [0.29, 0.717) is 11.8 Å². The highest BCUT2D eigenvalue weighted by atomic mass is 32.2. The number of benzene rings is 1. The second-order valence-electron chi connectivity index (χ2n) is 5.40. The predicted molar refractivity (Wildman–Crippen MR) is 91.4 cm³/mol. The number of hydrazine groups is 1. The maximum absolute atomic E-state index is 13.1. The molecule has 0 saturated heterocycles. The molecule has 28 heavy (non-hydrogen) atoms. The lowest BCUT2D eigenvalue weighted by molar-refractivity contribution is -0.138. The average molecular weight is 412 g/mol. The number of halogens is 4. The van der Waals surface area contributed by atoms with Crippen molar-refractivity contribution in [1.82, 2.24) is 15.8 Å². The van der Waals surface area contributed by atoms with E-state index in [1.54, 1.807) is 0 Å². The van der Waals surface area contributed by atoms with Crippen molar-refractivity contribution in [2.75, 3.05) is 5.75 Å². The number of alkyl halides is 3. The van der Waals surface area contributed by atoms with Gasteiger partial charge >= 0.3 is 6.18 Å². The first-order valence-electron chi connectivity index (χ1n) is 7.58. The van der Waals surface area contributed by atoms with E-state index in [9.17, 15) is 27.2 Å². The van der Waals surface area contributed by atoms with Gasteiger partial charge in [-0.2, -0.15) is 18.4 Å². The number of nitrogens with zero attached hydrogens (tertiary/aromatic N) is 2. The third-order valence-corrected chi connectivity index (χ3v) is 4.27. The highest BCUT2D eigenvalue weighted by molar-refractivity contribution is 8.00. The Morgan fingerprint density at radius 3 is 2.43 bits per heavy atom. The first-order chi connectivity index (χ1) is 13.1. The van der Waals surface area contributed by atoms with Gasteiger partial charge in [-0.15, -0.1) is 0 Å². The summed E-state index contributed by atoms with van der Waals surface area (Å²) >= 11 is 0.627. The standard InChI is InChI=1S/C17H12F4N4O2S/c1-9-6-13(17(19,20)21)12(7-22)16(23-9)28-8-14(26)24-25-15(27)10-2-4-11(18)5-3-10/h2-6H,8H2,1H3,(H,24,26)(H,25,27). The molecule has 1 aromatic carbocycles. The van der Waals surface area contributed by atoms with E-state index in [-0.39, 0.29) is 16.3 Å². The van der Waals surface area contributed by atoms with E-state index in [2.05, 4.69) is 15.8 Å². The Hall–Kier alpha value is -3.13. The lowest BCUT2D eigenvalue weighted by atomic mass is 10.1. The number of hydrogen-bond acceptors (Lipinski definition) is 5. The number of nitrogens with one attached hydrogen (secondary N) is 2. The molecule has 0 saturated carbocycles. The summed E-state index contributed by atoms with van der Waals surface area (Å²) in [7, 11) is 0. The molecule has 1 aromatic heterocycles. The maximum Gasteiger partial charge on any atom is 0.417 e. The lowest BCUT2D eigenvalue weighted by Gasteiger charge is -2.13. The summed E-state index contributed by atoms with van der Waals surface area (Å²) in [6.45, 7) is 1.34. The van der Waals surface area contributed by atoms with Crippen LogP contribution in [0.25, 0.3) is 0 Å². The van der Waals surface area contributed by atoms with Crippen LogP contribution in [0.5, 0.6) is 0 Å². The van der Waals surface area contributed by atoms with Crippen LogP contribution < -0.4 is 10.9 Å². The summed E-state index contributed by atoms with van der Waals surface area (Å²) in [5.74, 6) is -2.37. The second-order valence-corrected chi connectivity index (χ2v) is 6.36. The summed E-state index contributed by atoms with van der Waals surface area (Å²) in [4.78, 5) is 27.5. The summed E-state index contributed by atoms with van der Waals surface area (Å²) in [5.41, 5.74) is 2.50. The number of aromatic nitrogens is 1. The molecular formula is C17H12F4N4O2S. The molecule has 2 amide bonds.